The molecule has 0 spiro atoms. The molecule has 0 aliphatic carbocycles. The average molecular weight is 302 g/mol. The van der Waals surface area contributed by atoms with Crippen molar-refractivity contribution in [3.05, 3.63) is 32.2 Å². The van der Waals surface area contributed by atoms with Gasteiger partial charge in [0.2, 0.25) is 0 Å². The summed E-state index contributed by atoms with van der Waals surface area (Å²) in [6.07, 6.45) is 0.929. The van der Waals surface area contributed by atoms with Gasteiger partial charge in [-0.1, -0.05) is 0 Å². The van der Waals surface area contributed by atoms with E-state index in [1.54, 1.807) is 11.3 Å². The molecule has 1 heterocycles. The second-order valence-corrected chi connectivity index (χ2v) is 4.92. The smallest absolute Gasteiger partial charge is 0.150 e. The zero-order valence-corrected chi connectivity index (χ0v) is 9.98. The summed E-state index contributed by atoms with van der Waals surface area (Å²) in [5, 5.41) is 3.21. The zero-order valence-electron chi connectivity index (χ0n) is 7.00. The molecule has 0 atom stereocenters. The van der Waals surface area contributed by atoms with E-state index in [1.165, 1.54) is 13.8 Å². The van der Waals surface area contributed by atoms with Crippen LogP contribution in [-0.4, -0.2) is 6.29 Å². The highest BCUT2D eigenvalue weighted by atomic mass is 127. The van der Waals surface area contributed by atoms with Gasteiger partial charge in [-0.05, 0) is 52.6 Å². The highest BCUT2D eigenvalue weighted by Gasteiger charge is 2.07. The second kappa shape index (κ2) is 3.38. The van der Waals surface area contributed by atoms with Gasteiger partial charge in [0.25, 0.3) is 0 Å². The first kappa shape index (κ1) is 9.15. The third-order valence-electron chi connectivity index (χ3n) is 2.02. The van der Waals surface area contributed by atoms with Gasteiger partial charge in [-0.25, -0.2) is 0 Å². The van der Waals surface area contributed by atoms with Gasteiger partial charge < -0.3 is 0 Å². The van der Waals surface area contributed by atoms with E-state index < -0.39 is 0 Å². The number of hydrogen-bond acceptors (Lipinski definition) is 2. The minimum Gasteiger partial charge on any atom is -0.298 e. The van der Waals surface area contributed by atoms with Crippen molar-refractivity contribution in [2.24, 2.45) is 0 Å². The number of carbonyl (C=O) groups is 1. The van der Waals surface area contributed by atoms with Crippen molar-refractivity contribution in [3.63, 3.8) is 0 Å². The van der Waals surface area contributed by atoms with E-state index in [-0.39, 0.29) is 0 Å². The minimum atomic E-state index is 0.800. The maximum absolute atomic E-state index is 10.8. The van der Waals surface area contributed by atoms with E-state index in [1.807, 2.05) is 19.1 Å². The number of thiophene rings is 1. The lowest BCUT2D eigenvalue weighted by Gasteiger charge is -1.98. The maximum atomic E-state index is 10.8. The molecule has 0 saturated heterocycles. The molecule has 2 rings (SSSR count). The summed E-state index contributed by atoms with van der Waals surface area (Å²) in [6, 6.07) is 3.87. The summed E-state index contributed by atoms with van der Waals surface area (Å²) in [5.41, 5.74) is 2.00. The molecule has 0 saturated carbocycles. The second-order valence-electron chi connectivity index (χ2n) is 2.88. The Morgan fingerprint density at radius 2 is 2.23 bits per heavy atom. The fourth-order valence-electron chi connectivity index (χ4n) is 1.40. The van der Waals surface area contributed by atoms with Crippen molar-refractivity contribution in [2.75, 3.05) is 0 Å². The van der Waals surface area contributed by atoms with Gasteiger partial charge in [0, 0.05) is 19.2 Å². The van der Waals surface area contributed by atoms with E-state index >= 15 is 0 Å². The largest absolute Gasteiger partial charge is 0.298 e. The first-order chi connectivity index (χ1) is 6.24. The molecule has 2 aromatic rings. The molecule has 0 amide bonds. The fraction of sp³-hybridized carbons (Fsp3) is 0.100. The van der Waals surface area contributed by atoms with Gasteiger partial charge in [0.15, 0.2) is 6.29 Å². The van der Waals surface area contributed by atoms with Crippen molar-refractivity contribution in [3.8, 4) is 0 Å². The molecule has 1 nitrogen and oxygen atoms in total. The van der Waals surface area contributed by atoms with Crippen LogP contribution in [0, 0.1) is 10.5 Å². The van der Waals surface area contributed by atoms with E-state index in [0.29, 0.717) is 0 Å². The lowest BCUT2D eigenvalue weighted by Crippen LogP contribution is -1.83. The Balaban J connectivity index is 2.96. The summed E-state index contributed by atoms with van der Waals surface area (Å²) >= 11 is 4.00. The normalized spacial score (nSPS) is 10.6. The average Bonchev–Trinajstić information content (AvgIpc) is 2.51. The van der Waals surface area contributed by atoms with Crippen molar-refractivity contribution in [1.29, 1.82) is 0 Å². The molecule has 0 aliphatic heterocycles. The summed E-state index contributed by atoms with van der Waals surface area (Å²) < 4.78 is 2.44. The molecule has 1 aromatic heterocycles. The van der Waals surface area contributed by atoms with Crippen LogP contribution in [0.15, 0.2) is 17.5 Å². The SMILES string of the molecule is Cc1csc2c(I)ccc(C=O)c12. The molecule has 1 aromatic carbocycles. The first-order valence-electron chi connectivity index (χ1n) is 3.85. The number of aldehydes is 1. The maximum Gasteiger partial charge on any atom is 0.150 e. The van der Waals surface area contributed by atoms with Gasteiger partial charge in [-0.2, -0.15) is 0 Å². The predicted molar refractivity (Wildman–Crippen MR) is 64.7 cm³/mol. The number of aryl methyl sites for hydroxylation is 1. The third-order valence-corrected chi connectivity index (χ3v) is 4.41. The summed E-state index contributed by atoms with van der Waals surface area (Å²) in [7, 11) is 0. The topological polar surface area (TPSA) is 17.1 Å². The lowest BCUT2D eigenvalue weighted by atomic mass is 10.1. The Labute approximate surface area is 93.9 Å². The van der Waals surface area contributed by atoms with Gasteiger partial charge in [-0.3, -0.25) is 4.79 Å². The summed E-state index contributed by atoms with van der Waals surface area (Å²) in [6.45, 7) is 2.04. The highest BCUT2D eigenvalue weighted by molar-refractivity contribution is 14.1. The molecule has 0 N–H and O–H groups in total. The monoisotopic (exact) mass is 302 g/mol. The molecule has 3 heteroatoms. The van der Waals surface area contributed by atoms with Crippen LogP contribution in [0.4, 0.5) is 0 Å². The molecule has 13 heavy (non-hydrogen) atoms. The molecule has 0 bridgehead atoms. The van der Waals surface area contributed by atoms with Crippen LogP contribution < -0.4 is 0 Å². The van der Waals surface area contributed by atoms with E-state index in [2.05, 4.69) is 28.0 Å². The van der Waals surface area contributed by atoms with Gasteiger partial charge in [0.1, 0.15) is 0 Å². The number of fused-ring (bicyclic) bond motifs is 1. The van der Waals surface area contributed by atoms with E-state index in [0.717, 1.165) is 17.2 Å². The Kier molecular flexibility index (Phi) is 2.38. The van der Waals surface area contributed by atoms with Crippen LogP contribution in [0.2, 0.25) is 0 Å². The van der Waals surface area contributed by atoms with Crippen LogP contribution in [0.5, 0.6) is 0 Å². The quantitative estimate of drug-likeness (QED) is 0.581. The zero-order chi connectivity index (χ0) is 9.42. The summed E-state index contributed by atoms with van der Waals surface area (Å²) in [4.78, 5) is 10.8. The fourth-order valence-corrected chi connectivity index (χ4v) is 3.22. The third kappa shape index (κ3) is 1.40. The predicted octanol–water partition coefficient (Wildman–Crippen LogP) is 3.63. The number of halogens is 1. The first-order valence-corrected chi connectivity index (χ1v) is 5.81. The molecule has 66 valence electrons. The molecule has 0 unspecified atom stereocenters. The van der Waals surface area contributed by atoms with Crippen LogP contribution in [0.3, 0.4) is 0 Å². The van der Waals surface area contributed by atoms with Crippen LogP contribution in [-0.2, 0) is 0 Å². The minimum absolute atomic E-state index is 0.800. The van der Waals surface area contributed by atoms with Crippen molar-refractivity contribution >= 4 is 50.3 Å². The lowest BCUT2D eigenvalue weighted by molar-refractivity contribution is 0.112. The number of benzene rings is 1. The van der Waals surface area contributed by atoms with Crippen molar-refractivity contribution in [1.82, 2.24) is 0 Å². The van der Waals surface area contributed by atoms with Crippen LogP contribution >= 0.6 is 33.9 Å². The van der Waals surface area contributed by atoms with Crippen LogP contribution in [0.25, 0.3) is 10.1 Å². The molecule has 0 aliphatic rings. The number of hydrogen-bond donors (Lipinski definition) is 0. The molecule has 0 radical (unpaired) electrons. The molecular formula is C10H7IOS. The van der Waals surface area contributed by atoms with E-state index in [4.69, 9.17) is 0 Å². The Morgan fingerprint density at radius 1 is 1.46 bits per heavy atom. The van der Waals surface area contributed by atoms with E-state index in [9.17, 15) is 4.79 Å². The van der Waals surface area contributed by atoms with Gasteiger partial charge in [-0.15, -0.1) is 11.3 Å². The Hall–Kier alpha value is -0.420. The number of carbonyl (C=O) groups excluding carboxylic acids is 1. The highest BCUT2D eigenvalue weighted by Crippen LogP contribution is 2.31. The standard InChI is InChI=1S/C10H7IOS/c1-6-5-13-10-8(11)3-2-7(4-12)9(6)10/h2-5H,1H3. The Morgan fingerprint density at radius 3 is 2.92 bits per heavy atom. The summed E-state index contributed by atoms with van der Waals surface area (Å²) in [5.74, 6) is 0. The Bertz CT molecular complexity index is 473. The molecular weight excluding hydrogens is 295 g/mol. The molecule has 0 fully saturated rings. The number of rotatable bonds is 1. The van der Waals surface area contributed by atoms with Crippen molar-refractivity contribution in [2.45, 2.75) is 6.92 Å². The van der Waals surface area contributed by atoms with Crippen LogP contribution in [0.1, 0.15) is 15.9 Å². The van der Waals surface area contributed by atoms with Gasteiger partial charge in [0.05, 0.1) is 0 Å². The van der Waals surface area contributed by atoms with Crippen molar-refractivity contribution < 1.29 is 4.79 Å². The van der Waals surface area contributed by atoms with Gasteiger partial charge >= 0.3 is 0 Å².